The van der Waals surface area contributed by atoms with Gasteiger partial charge in [0.1, 0.15) is 17.9 Å². The van der Waals surface area contributed by atoms with Gasteiger partial charge >= 0.3 is 6.09 Å². The van der Waals surface area contributed by atoms with Gasteiger partial charge in [0.25, 0.3) is 5.91 Å². The second-order valence-corrected chi connectivity index (χ2v) is 7.00. The topological polar surface area (TPSA) is 92.1 Å². The number of carbonyl (C=O) groups excluding carboxylic acids is 3. The molecule has 3 amide bonds. The Morgan fingerprint density at radius 1 is 1.16 bits per heavy atom. The summed E-state index contributed by atoms with van der Waals surface area (Å²) in [5, 5.41) is 2.65. The van der Waals surface area contributed by atoms with Crippen molar-refractivity contribution in [3.63, 3.8) is 0 Å². The van der Waals surface area contributed by atoms with Gasteiger partial charge in [-0.15, -0.1) is 0 Å². The van der Waals surface area contributed by atoms with Gasteiger partial charge in [0, 0.05) is 26.2 Å². The molecule has 1 saturated heterocycles. The molecule has 1 aromatic heterocycles. The summed E-state index contributed by atoms with van der Waals surface area (Å²) < 4.78 is 10.2. The number of piperazine rings is 1. The van der Waals surface area contributed by atoms with Crippen LogP contribution in [0, 0.1) is 0 Å². The lowest BCUT2D eigenvalue weighted by Gasteiger charge is -2.36. The molecule has 0 radical (unpaired) electrons. The summed E-state index contributed by atoms with van der Waals surface area (Å²) >= 11 is 0. The summed E-state index contributed by atoms with van der Waals surface area (Å²) in [5.74, 6) is -0.539. The molecule has 1 N–H and O–H groups in total. The third-order valence-corrected chi connectivity index (χ3v) is 3.74. The molecule has 1 aliphatic heterocycles. The van der Waals surface area contributed by atoms with E-state index in [1.165, 1.54) is 18.6 Å². The summed E-state index contributed by atoms with van der Waals surface area (Å²) in [6.45, 7) is 8.71. The van der Waals surface area contributed by atoms with Crippen LogP contribution in [-0.4, -0.2) is 65.5 Å². The molecule has 1 unspecified atom stereocenters. The van der Waals surface area contributed by atoms with Crippen LogP contribution in [0.1, 0.15) is 38.1 Å². The predicted octanol–water partition coefficient (Wildman–Crippen LogP) is 1.48. The lowest BCUT2D eigenvalue weighted by molar-refractivity contribution is -0.134. The summed E-state index contributed by atoms with van der Waals surface area (Å²) in [5.41, 5.74) is -0.176. The average Bonchev–Trinajstić information content (AvgIpc) is 3.07. The molecule has 0 bridgehead atoms. The summed E-state index contributed by atoms with van der Waals surface area (Å²) in [4.78, 5) is 39.7. The minimum atomic E-state index is -0.657. The van der Waals surface area contributed by atoms with Crippen LogP contribution in [0.25, 0.3) is 0 Å². The van der Waals surface area contributed by atoms with E-state index in [0.717, 1.165) is 0 Å². The Morgan fingerprint density at radius 3 is 2.28 bits per heavy atom. The molecule has 8 nitrogen and oxygen atoms in total. The fourth-order valence-corrected chi connectivity index (χ4v) is 2.45. The van der Waals surface area contributed by atoms with E-state index in [1.54, 1.807) is 16.7 Å². The van der Waals surface area contributed by atoms with E-state index in [1.807, 2.05) is 20.8 Å². The smallest absolute Gasteiger partial charge is 0.410 e. The van der Waals surface area contributed by atoms with Gasteiger partial charge in [0.2, 0.25) is 5.91 Å². The van der Waals surface area contributed by atoms with Crippen LogP contribution in [0.15, 0.2) is 23.0 Å². The van der Waals surface area contributed by atoms with Crippen LogP contribution < -0.4 is 5.32 Å². The highest BCUT2D eigenvalue weighted by molar-refractivity contribution is 5.97. The minimum Gasteiger partial charge on any atom is -0.472 e. The van der Waals surface area contributed by atoms with Gasteiger partial charge < -0.3 is 24.3 Å². The summed E-state index contributed by atoms with van der Waals surface area (Å²) in [6, 6.07) is 0.877. The monoisotopic (exact) mass is 351 g/mol. The molecule has 25 heavy (non-hydrogen) atoms. The maximum absolute atomic E-state index is 12.5. The van der Waals surface area contributed by atoms with Crippen LogP contribution in [0.5, 0.6) is 0 Å². The van der Waals surface area contributed by atoms with Gasteiger partial charge in [-0.2, -0.15) is 0 Å². The Kier molecular flexibility index (Phi) is 5.71. The molecular weight excluding hydrogens is 326 g/mol. The molecule has 0 spiro atoms. The zero-order valence-electron chi connectivity index (χ0n) is 15.1. The standard InChI is InChI=1S/C17H25N3O5/c1-12(18-14(21)13-5-10-24-11-13)15(22)19-6-8-20(9-7-19)16(23)25-17(2,3)4/h5,10-12H,6-9H2,1-4H3,(H,18,21). The number of amides is 3. The Morgan fingerprint density at radius 2 is 1.76 bits per heavy atom. The Hall–Kier alpha value is -2.51. The first-order valence-electron chi connectivity index (χ1n) is 8.27. The third kappa shape index (κ3) is 5.23. The van der Waals surface area contributed by atoms with Gasteiger partial charge in [0.05, 0.1) is 11.8 Å². The number of carbonyl (C=O) groups is 3. The zero-order chi connectivity index (χ0) is 18.6. The van der Waals surface area contributed by atoms with E-state index in [2.05, 4.69) is 5.32 Å². The number of rotatable bonds is 3. The molecule has 0 aromatic carbocycles. The van der Waals surface area contributed by atoms with Crippen LogP contribution in [0.4, 0.5) is 4.79 Å². The van der Waals surface area contributed by atoms with Gasteiger partial charge in [-0.25, -0.2) is 4.79 Å². The van der Waals surface area contributed by atoms with Gasteiger partial charge in [-0.05, 0) is 33.8 Å². The van der Waals surface area contributed by atoms with Crippen molar-refractivity contribution >= 4 is 17.9 Å². The van der Waals surface area contributed by atoms with Gasteiger partial charge in [0.15, 0.2) is 0 Å². The zero-order valence-corrected chi connectivity index (χ0v) is 15.1. The van der Waals surface area contributed by atoms with Crippen molar-refractivity contribution in [2.24, 2.45) is 0 Å². The van der Waals surface area contributed by atoms with E-state index < -0.39 is 11.6 Å². The molecule has 0 aliphatic carbocycles. The molecule has 2 rings (SSSR count). The van der Waals surface area contributed by atoms with Crippen LogP contribution in [0.3, 0.4) is 0 Å². The maximum atomic E-state index is 12.5. The number of nitrogens with one attached hydrogen (secondary N) is 1. The number of furan rings is 1. The first-order chi connectivity index (χ1) is 11.7. The number of hydrogen-bond acceptors (Lipinski definition) is 5. The molecular formula is C17H25N3O5. The van der Waals surface area contributed by atoms with Gasteiger partial charge in [-0.3, -0.25) is 9.59 Å². The molecule has 1 aliphatic rings. The highest BCUT2D eigenvalue weighted by Gasteiger charge is 2.30. The third-order valence-electron chi connectivity index (χ3n) is 3.74. The molecule has 1 fully saturated rings. The maximum Gasteiger partial charge on any atom is 0.410 e. The van der Waals surface area contributed by atoms with Crippen molar-refractivity contribution in [3.05, 3.63) is 24.2 Å². The Balaban J connectivity index is 1.82. The second kappa shape index (κ2) is 7.58. The fraction of sp³-hybridized carbons (Fsp3) is 0.588. The van der Waals surface area contributed by atoms with Crippen LogP contribution in [0.2, 0.25) is 0 Å². The average molecular weight is 351 g/mol. The van der Waals surface area contributed by atoms with E-state index >= 15 is 0 Å². The summed E-state index contributed by atoms with van der Waals surface area (Å²) in [7, 11) is 0. The van der Waals surface area contributed by atoms with Crippen molar-refractivity contribution in [2.75, 3.05) is 26.2 Å². The number of ether oxygens (including phenoxy) is 1. The van der Waals surface area contributed by atoms with E-state index in [-0.39, 0.29) is 17.9 Å². The molecule has 1 atom stereocenters. The van der Waals surface area contributed by atoms with Crippen molar-refractivity contribution < 1.29 is 23.5 Å². The van der Waals surface area contributed by atoms with E-state index in [9.17, 15) is 14.4 Å². The number of nitrogens with zero attached hydrogens (tertiary/aromatic N) is 2. The first-order valence-corrected chi connectivity index (χ1v) is 8.27. The quantitative estimate of drug-likeness (QED) is 0.890. The second-order valence-electron chi connectivity index (χ2n) is 7.00. The fourth-order valence-electron chi connectivity index (χ4n) is 2.45. The highest BCUT2D eigenvalue weighted by atomic mass is 16.6. The van der Waals surface area contributed by atoms with E-state index in [0.29, 0.717) is 31.7 Å². The lowest BCUT2D eigenvalue weighted by Crippen LogP contribution is -2.55. The molecule has 1 aromatic rings. The molecule has 2 heterocycles. The molecule has 8 heteroatoms. The minimum absolute atomic E-state index is 0.180. The Labute approximate surface area is 147 Å². The SMILES string of the molecule is CC(NC(=O)c1ccoc1)C(=O)N1CCN(C(=O)OC(C)(C)C)CC1. The van der Waals surface area contributed by atoms with Crippen LogP contribution >= 0.6 is 0 Å². The van der Waals surface area contributed by atoms with Crippen molar-refractivity contribution in [3.8, 4) is 0 Å². The highest BCUT2D eigenvalue weighted by Crippen LogP contribution is 2.12. The number of hydrogen-bond donors (Lipinski definition) is 1. The van der Waals surface area contributed by atoms with Gasteiger partial charge in [-0.1, -0.05) is 0 Å². The lowest BCUT2D eigenvalue weighted by atomic mass is 10.2. The van der Waals surface area contributed by atoms with Crippen molar-refractivity contribution in [1.82, 2.24) is 15.1 Å². The van der Waals surface area contributed by atoms with Crippen molar-refractivity contribution in [1.29, 1.82) is 0 Å². The van der Waals surface area contributed by atoms with Crippen molar-refractivity contribution in [2.45, 2.75) is 39.3 Å². The van der Waals surface area contributed by atoms with Crippen LogP contribution in [-0.2, 0) is 9.53 Å². The van der Waals surface area contributed by atoms with E-state index in [4.69, 9.17) is 9.15 Å². The largest absolute Gasteiger partial charge is 0.472 e. The predicted molar refractivity (Wildman–Crippen MR) is 90.0 cm³/mol. The normalized spacial score (nSPS) is 16.3. The Bertz CT molecular complexity index is 613. The summed E-state index contributed by atoms with van der Waals surface area (Å²) in [6.07, 6.45) is 2.35. The first kappa shape index (κ1) is 18.8. The molecule has 138 valence electrons. The molecule has 0 saturated carbocycles.